The molecule has 0 aliphatic carbocycles. The minimum absolute atomic E-state index is 0.137. The number of carboxylic acid groups (broad SMARTS) is 1. The van der Waals surface area contributed by atoms with Crippen LogP contribution in [-0.2, 0) is 14.8 Å². The molecule has 18 heavy (non-hydrogen) atoms. The van der Waals surface area contributed by atoms with Crippen LogP contribution >= 0.6 is 27.3 Å². The zero-order valence-electron chi connectivity index (χ0n) is 9.37. The highest BCUT2D eigenvalue weighted by atomic mass is 79.9. The fraction of sp³-hybridized carbons (Fsp3) is 0.500. The van der Waals surface area contributed by atoms with Crippen molar-refractivity contribution in [1.29, 1.82) is 0 Å². The van der Waals surface area contributed by atoms with Gasteiger partial charge in [-0.1, -0.05) is 0 Å². The number of aliphatic carboxylic acids is 1. The van der Waals surface area contributed by atoms with Crippen molar-refractivity contribution in [3.8, 4) is 0 Å². The number of carbonyl (C=O) groups is 1. The van der Waals surface area contributed by atoms with E-state index >= 15 is 0 Å². The molecular weight excluding hydrogens is 342 g/mol. The average molecular weight is 354 g/mol. The smallest absolute Gasteiger partial charge is 0.304 e. The molecule has 0 saturated carbocycles. The predicted octanol–water partition coefficient (Wildman–Crippen LogP) is 2.14. The third-order valence-corrected chi connectivity index (χ3v) is 7.46. The Labute approximate surface area is 118 Å². The number of thiophene rings is 1. The van der Waals surface area contributed by atoms with Crippen LogP contribution < -0.4 is 0 Å². The number of hydrogen-bond donors (Lipinski definition) is 1. The first-order valence-corrected chi connectivity index (χ1v) is 8.51. The van der Waals surface area contributed by atoms with Gasteiger partial charge in [0.2, 0.25) is 0 Å². The first-order valence-electron chi connectivity index (χ1n) is 5.39. The van der Waals surface area contributed by atoms with Crippen molar-refractivity contribution < 1.29 is 18.3 Å². The first kappa shape index (κ1) is 14.0. The second kappa shape index (κ2) is 5.28. The Hall–Kier alpha value is -0.440. The molecule has 1 aliphatic rings. The largest absolute Gasteiger partial charge is 0.481 e. The van der Waals surface area contributed by atoms with Gasteiger partial charge in [0, 0.05) is 17.1 Å². The first-order chi connectivity index (χ1) is 8.43. The number of nitrogens with zero attached hydrogens (tertiary/aromatic N) is 1. The predicted molar refractivity (Wildman–Crippen MR) is 71.2 cm³/mol. The summed E-state index contributed by atoms with van der Waals surface area (Å²) in [5.41, 5.74) is 0. The average Bonchev–Trinajstić information content (AvgIpc) is 2.86. The maximum absolute atomic E-state index is 12.4. The molecule has 0 spiro atoms. The normalized spacial score (nSPS) is 21.3. The van der Waals surface area contributed by atoms with Gasteiger partial charge in [0.15, 0.2) is 0 Å². The molecule has 1 aromatic heterocycles. The van der Waals surface area contributed by atoms with Gasteiger partial charge >= 0.3 is 5.97 Å². The summed E-state index contributed by atoms with van der Waals surface area (Å²) < 4.78 is 26.9. The van der Waals surface area contributed by atoms with E-state index in [4.69, 9.17) is 5.11 Å². The summed E-state index contributed by atoms with van der Waals surface area (Å²) in [5.74, 6) is -0.965. The summed E-state index contributed by atoms with van der Waals surface area (Å²) in [6.07, 6.45) is 1.18. The molecule has 1 unspecified atom stereocenters. The summed E-state index contributed by atoms with van der Waals surface area (Å²) >= 11 is 4.35. The summed E-state index contributed by atoms with van der Waals surface area (Å²) in [6.45, 7) is 0.393. The summed E-state index contributed by atoms with van der Waals surface area (Å²) in [5, 5.41) is 10.5. The van der Waals surface area contributed by atoms with Crippen molar-refractivity contribution in [3.63, 3.8) is 0 Å². The molecule has 0 bridgehead atoms. The highest BCUT2D eigenvalue weighted by molar-refractivity contribution is 9.10. The van der Waals surface area contributed by atoms with E-state index in [2.05, 4.69) is 15.9 Å². The molecule has 0 aromatic carbocycles. The van der Waals surface area contributed by atoms with Crippen LogP contribution in [0.15, 0.2) is 20.1 Å². The van der Waals surface area contributed by atoms with Crippen LogP contribution in [0.3, 0.4) is 0 Å². The summed E-state index contributed by atoms with van der Waals surface area (Å²) in [4.78, 5) is 10.8. The van der Waals surface area contributed by atoms with Crippen molar-refractivity contribution in [1.82, 2.24) is 4.31 Å². The van der Waals surface area contributed by atoms with Crippen molar-refractivity contribution >= 4 is 43.3 Å². The topological polar surface area (TPSA) is 74.7 Å². The molecule has 1 aliphatic heterocycles. The van der Waals surface area contributed by atoms with Crippen molar-refractivity contribution in [2.24, 2.45) is 0 Å². The zero-order valence-corrected chi connectivity index (χ0v) is 12.6. The maximum Gasteiger partial charge on any atom is 0.304 e. The van der Waals surface area contributed by atoms with E-state index in [-0.39, 0.29) is 10.6 Å². The lowest BCUT2D eigenvalue weighted by molar-refractivity contribution is -0.137. The van der Waals surface area contributed by atoms with E-state index < -0.39 is 22.0 Å². The van der Waals surface area contributed by atoms with Gasteiger partial charge in [-0.25, -0.2) is 8.42 Å². The quantitative estimate of drug-likeness (QED) is 0.899. The Kier molecular flexibility index (Phi) is 4.10. The van der Waals surface area contributed by atoms with Crippen molar-refractivity contribution in [2.45, 2.75) is 29.5 Å². The van der Waals surface area contributed by atoms with E-state index in [1.807, 2.05) is 0 Å². The van der Waals surface area contributed by atoms with Crippen LogP contribution in [0, 0.1) is 0 Å². The molecule has 2 heterocycles. The Balaban J connectivity index is 2.30. The van der Waals surface area contributed by atoms with Crippen LogP contribution in [0.1, 0.15) is 19.3 Å². The Bertz CT molecular complexity index is 554. The Morgan fingerprint density at radius 1 is 1.61 bits per heavy atom. The number of sulfonamides is 1. The number of hydrogen-bond acceptors (Lipinski definition) is 4. The number of rotatable bonds is 4. The lowest BCUT2D eigenvalue weighted by atomic mass is 10.2. The lowest BCUT2D eigenvalue weighted by Crippen LogP contribution is -2.36. The van der Waals surface area contributed by atoms with Crippen molar-refractivity contribution in [2.75, 3.05) is 6.54 Å². The molecule has 1 fully saturated rings. The highest BCUT2D eigenvalue weighted by Crippen LogP contribution is 2.34. The zero-order chi connectivity index (χ0) is 13.3. The van der Waals surface area contributed by atoms with Crippen LogP contribution in [0.25, 0.3) is 0 Å². The molecule has 0 radical (unpaired) electrons. The van der Waals surface area contributed by atoms with Gasteiger partial charge in [0.05, 0.1) is 6.42 Å². The van der Waals surface area contributed by atoms with Gasteiger partial charge in [-0.15, -0.1) is 11.3 Å². The van der Waals surface area contributed by atoms with E-state index in [1.165, 1.54) is 4.31 Å². The molecule has 1 aromatic rings. The van der Waals surface area contributed by atoms with Gasteiger partial charge in [-0.05, 0) is 40.2 Å². The fourth-order valence-corrected chi connectivity index (χ4v) is 6.22. The summed E-state index contributed by atoms with van der Waals surface area (Å²) in [7, 11) is -3.58. The highest BCUT2D eigenvalue weighted by Gasteiger charge is 2.37. The lowest BCUT2D eigenvalue weighted by Gasteiger charge is -2.22. The van der Waals surface area contributed by atoms with Gasteiger partial charge in [-0.3, -0.25) is 4.79 Å². The SMILES string of the molecule is O=C(O)CC1CCCN1S(=O)(=O)c1sccc1Br. The molecule has 1 saturated heterocycles. The molecule has 1 N–H and O–H groups in total. The minimum Gasteiger partial charge on any atom is -0.481 e. The number of halogens is 1. The Morgan fingerprint density at radius 2 is 2.33 bits per heavy atom. The summed E-state index contributed by atoms with van der Waals surface area (Å²) in [6, 6.07) is 1.25. The fourth-order valence-electron chi connectivity index (χ4n) is 2.10. The second-order valence-corrected chi connectivity index (χ2v) is 7.92. The van der Waals surface area contributed by atoms with Gasteiger partial charge in [0.25, 0.3) is 10.0 Å². The molecule has 1 atom stereocenters. The third kappa shape index (κ3) is 2.61. The maximum atomic E-state index is 12.4. The van der Waals surface area contributed by atoms with Crippen molar-refractivity contribution in [3.05, 3.63) is 15.9 Å². The molecule has 0 amide bonds. The molecule has 5 nitrogen and oxygen atoms in total. The number of carboxylic acids is 1. The van der Waals surface area contributed by atoms with Crippen LogP contribution in [0.2, 0.25) is 0 Å². The molecular formula is C10H12BrNO4S2. The van der Waals surface area contributed by atoms with E-state index in [0.717, 1.165) is 11.3 Å². The molecule has 8 heteroatoms. The van der Waals surface area contributed by atoms with Gasteiger partial charge in [-0.2, -0.15) is 4.31 Å². The van der Waals surface area contributed by atoms with Crippen LogP contribution in [0.4, 0.5) is 0 Å². The van der Waals surface area contributed by atoms with Gasteiger partial charge < -0.3 is 5.11 Å². The molecule has 100 valence electrons. The van der Waals surface area contributed by atoms with E-state index in [0.29, 0.717) is 23.9 Å². The standard InChI is InChI=1S/C10H12BrNO4S2/c11-8-3-5-17-10(8)18(15,16)12-4-1-2-7(12)6-9(13)14/h3,5,7H,1-2,4,6H2,(H,13,14). The Morgan fingerprint density at radius 3 is 2.89 bits per heavy atom. The van der Waals surface area contributed by atoms with E-state index in [1.54, 1.807) is 11.4 Å². The van der Waals surface area contributed by atoms with Crippen LogP contribution in [-0.4, -0.2) is 36.4 Å². The monoisotopic (exact) mass is 353 g/mol. The van der Waals surface area contributed by atoms with Crippen LogP contribution in [0.5, 0.6) is 0 Å². The minimum atomic E-state index is -3.58. The van der Waals surface area contributed by atoms with Gasteiger partial charge in [0.1, 0.15) is 4.21 Å². The third-order valence-electron chi connectivity index (χ3n) is 2.86. The van der Waals surface area contributed by atoms with E-state index in [9.17, 15) is 13.2 Å². The second-order valence-electron chi connectivity index (χ2n) is 4.07. The molecule has 2 rings (SSSR count).